The van der Waals surface area contributed by atoms with Crippen LogP contribution in [0, 0.1) is 0 Å². The first kappa shape index (κ1) is 23.6. The highest BCUT2D eigenvalue weighted by Gasteiger charge is 2.30. The Balaban J connectivity index is 1.34. The molecule has 0 radical (unpaired) electrons. The summed E-state index contributed by atoms with van der Waals surface area (Å²) < 4.78 is 43.9. The van der Waals surface area contributed by atoms with Crippen molar-refractivity contribution in [3.8, 4) is 0 Å². The molecule has 178 valence electrons. The SMILES string of the molecule is O=C(NCc1ncc(C(=O)Nc2cccc(C(F)(F)F)c2)s1)c1cc(N2CCOCC2)ncn1. The Morgan fingerprint density at radius 1 is 1.09 bits per heavy atom. The van der Waals surface area contributed by atoms with Gasteiger partial charge in [0.15, 0.2) is 0 Å². The number of aromatic nitrogens is 3. The van der Waals surface area contributed by atoms with Crippen molar-refractivity contribution in [3.05, 3.63) is 64.0 Å². The molecule has 2 aromatic heterocycles. The minimum atomic E-state index is -4.51. The first-order valence-corrected chi connectivity index (χ1v) is 11.0. The van der Waals surface area contributed by atoms with Crippen molar-refractivity contribution < 1.29 is 27.5 Å². The minimum absolute atomic E-state index is 0.0166. The van der Waals surface area contributed by atoms with Crippen LogP contribution in [0.1, 0.15) is 30.7 Å². The lowest BCUT2D eigenvalue weighted by Crippen LogP contribution is -2.37. The van der Waals surface area contributed by atoms with Crippen LogP contribution in [-0.4, -0.2) is 53.1 Å². The monoisotopic (exact) mass is 492 g/mol. The van der Waals surface area contributed by atoms with Gasteiger partial charge in [-0.25, -0.2) is 15.0 Å². The van der Waals surface area contributed by atoms with Crippen molar-refractivity contribution in [1.82, 2.24) is 20.3 Å². The fourth-order valence-corrected chi connectivity index (χ4v) is 3.90. The van der Waals surface area contributed by atoms with E-state index in [-0.39, 0.29) is 22.8 Å². The number of hydrogen-bond acceptors (Lipinski definition) is 8. The van der Waals surface area contributed by atoms with Crippen LogP contribution in [0.15, 0.2) is 42.9 Å². The number of rotatable bonds is 6. The first-order chi connectivity index (χ1) is 16.3. The molecule has 3 heterocycles. The zero-order valence-corrected chi connectivity index (χ0v) is 18.4. The molecule has 4 rings (SSSR count). The molecule has 3 aromatic rings. The van der Waals surface area contributed by atoms with Gasteiger partial charge >= 0.3 is 6.18 Å². The molecule has 0 unspecified atom stereocenters. The highest BCUT2D eigenvalue weighted by Crippen LogP contribution is 2.30. The third-order valence-electron chi connectivity index (χ3n) is 4.85. The number of thiazole rings is 1. The fraction of sp³-hybridized carbons (Fsp3) is 0.286. The van der Waals surface area contributed by atoms with Crippen LogP contribution in [0.2, 0.25) is 0 Å². The number of benzene rings is 1. The topological polar surface area (TPSA) is 109 Å². The van der Waals surface area contributed by atoms with E-state index in [0.29, 0.717) is 37.1 Å². The number of amides is 2. The molecule has 0 atom stereocenters. The summed E-state index contributed by atoms with van der Waals surface area (Å²) in [5, 5.41) is 5.57. The Kier molecular flexibility index (Phi) is 7.03. The summed E-state index contributed by atoms with van der Waals surface area (Å²) in [5.41, 5.74) is -0.655. The average molecular weight is 492 g/mol. The molecular formula is C21H19F3N6O3S. The molecule has 1 aliphatic rings. The Hall–Kier alpha value is -3.58. The van der Waals surface area contributed by atoms with Gasteiger partial charge in [-0.1, -0.05) is 6.07 Å². The smallest absolute Gasteiger partial charge is 0.378 e. The summed E-state index contributed by atoms with van der Waals surface area (Å²) in [6.45, 7) is 2.56. The third-order valence-corrected chi connectivity index (χ3v) is 5.84. The molecule has 2 N–H and O–H groups in total. The number of ether oxygens (including phenoxy) is 1. The Morgan fingerprint density at radius 3 is 2.65 bits per heavy atom. The quantitative estimate of drug-likeness (QED) is 0.545. The maximum absolute atomic E-state index is 12.9. The van der Waals surface area contributed by atoms with Gasteiger partial charge in [0.2, 0.25) is 0 Å². The lowest BCUT2D eigenvalue weighted by Gasteiger charge is -2.27. The summed E-state index contributed by atoms with van der Waals surface area (Å²) in [4.78, 5) is 39.4. The maximum atomic E-state index is 12.9. The number of morpholine rings is 1. The molecule has 2 amide bonds. The van der Waals surface area contributed by atoms with Crippen LogP contribution in [0.3, 0.4) is 0 Å². The van der Waals surface area contributed by atoms with Gasteiger partial charge in [0.25, 0.3) is 11.8 Å². The van der Waals surface area contributed by atoms with Crippen LogP contribution < -0.4 is 15.5 Å². The molecule has 1 aliphatic heterocycles. The van der Waals surface area contributed by atoms with Crippen LogP contribution in [0.5, 0.6) is 0 Å². The van der Waals surface area contributed by atoms with E-state index < -0.39 is 23.6 Å². The summed E-state index contributed by atoms with van der Waals surface area (Å²) in [6, 6.07) is 5.94. The van der Waals surface area contributed by atoms with Crippen LogP contribution in [-0.2, 0) is 17.5 Å². The van der Waals surface area contributed by atoms with Crippen molar-refractivity contribution in [2.45, 2.75) is 12.7 Å². The maximum Gasteiger partial charge on any atom is 0.416 e. The highest BCUT2D eigenvalue weighted by molar-refractivity contribution is 7.13. The minimum Gasteiger partial charge on any atom is -0.378 e. The van der Waals surface area contributed by atoms with Gasteiger partial charge in [-0.2, -0.15) is 13.2 Å². The largest absolute Gasteiger partial charge is 0.416 e. The van der Waals surface area contributed by atoms with Gasteiger partial charge < -0.3 is 20.3 Å². The number of carbonyl (C=O) groups excluding carboxylic acids is 2. The van der Waals surface area contributed by atoms with Gasteiger partial charge in [0.1, 0.15) is 27.7 Å². The molecule has 0 bridgehead atoms. The van der Waals surface area contributed by atoms with E-state index in [9.17, 15) is 22.8 Å². The molecular weight excluding hydrogens is 473 g/mol. The highest BCUT2D eigenvalue weighted by atomic mass is 32.1. The fourth-order valence-electron chi connectivity index (χ4n) is 3.15. The van der Waals surface area contributed by atoms with E-state index in [1.807, 2.05) is 4.90 Å². The summed E-state index contributed by atoms with van der Waals surface area (Å²) in [5.74, 6) is -0.395. The zero-order valence-electron chi connectivity index (χ0n) is 17.6. The Morgan fingerprint density at radius 2 is 1.88 bits per heavy atom. The van der Waals surface area contributed by atoms with E-state index in [0.717, 1.165) is 23.5 Å². The second kappa shape index (κ2) is 10.1. The van der Waals surface area contributed by atoms with Crippen molar-refractivity contribution in [2.75, 3.05) is 36.5 Å². The second-order valence-corrected chi connectivity index (χ2v) is 8.31. The van der Waals surface area contributed by atoms with Crippen LogP contribution in [0.25, 0.3) is 0 Å². The number of nitrogens with zero attached hydrogens (tertiary/aromatic N) is 4. The summed E-state index contributed by atoms with van der Waals surface area (Å²) in [7, 11) is 0. The molecule has 0 saturated carbocycles. The zero-order chi connectivity index (χ0) is 24.1. The molecule has 13 heteroatoms. The van der Waals surface area contributed by atoms with Crippen molar-refractivity contribution in [3.63, 3.8) is 0 Å². The Bertz CT molecular complexity index is 1180. The summed E-state index contributed by atoms with van der Waals surface area (Å²) in [6.07, 6.45) is -1.89. The molecule has 1 aromatic carbocycles. The third kappa shape index (κ3) is 5.85. The van der Waals surface area contributed by atoms with Gasteiger partial charge in [0, 0.05) is 24.8 Å². The number of hydrogen-bond donors (Lipinski definition) is 2. The molecule has 0 spiro atoms. The van der Waals surface area contributed by atoms with E-state index in [2.05, 4.69) is 25.6 Å². The van der Waals surface area contributed by atoms with Gasteiger partial charge in [-0.05, 0) is 18.2 Å². The Labute approximate surface area is 196 Å². The predicted octanol–water partition coefficient (Wildman–Crippen LogP) is 2.97. The molecule has 0 aliphatic carbocycles. The normalized spacial score (nSPS) is 14.0. The molecule has 1 saturated heterocycles. The number of alkyl halides is 3. The number of anilines is 2. The van der Waals surface area contributed by atoms with Gasteiger partial charge in [0.05, 0.1) is 31.5 Å². The first-order valence-electron chi connectivity index (χ1n) is 10.2. The lowest BCUT2D eigenvalue weighted by molar-refractivity contribution is -0.137. The second-order valence-electron chi connectivity index (χ2n) is 7.19. The molecule has 34 heavy (non-hydrogen) atoms. The van der Waals surface area contributed by atoms with E-state index >= 15 is 0 Å². The van der Waals surface area contributed by atoms with Crippen molar-refractivity contribution in [2.24, 2.45) is 0 Å². The van der Waals surface area contributed by atoms with Crippen LogP contribution >= 0.6 is 11.3 Å². The standard InChI is InChI=1S/C21H19F3N6O3S/c22-21(23,24)13-2-1-3-14(8-13)29-20(32)16-10-25-18(34-16)11-26-19(31)15-9-17(28-12-27-15)30-4-6-33-7-5-30/h1-3,8-10,12H,4-7,11H2,(H,26,31)(H,29,32). The van der Waals surface area contributed by atoms with E-state index in [1.165, 1.54) is 24.7 Å². The number of carbonyl (C=O) groups is 2. The van der Waals surface area contributed by atoms with Crippen molar-refractivity contribution in [1.29, 1.82) is 0 Å². The molecule has 9 nitrogen and oxygen atoms in total. The van der Waals surface area contributed by atoms with Crippen molar-refractivity contribution >= 4 is 34.7 Å². The van der Waals surface area contributed by atoms with Gasteiger partial charge in [-0.3, -0.25) is 9.59 Å². The lowest BCUT2D eigenvalue weighted by atomic mass is 10.2. The van der Waals surface area contributed by atoms with Crippen LogP contribution in [0.4, 0.5) is 24.7 Å². The number of nitrogens with one attached hydrogen (secondary N) is 2. The van der Waals surface area contributed by atoms with Gasteiger partial charge in [-0.15, -0.1) is 11.3 Å². The summed E-state index contributed by atoms with van der Waals surface area (Å²) >= 11 is 1.02. The average Bonchev–Trinajstić information content (AvgIpc) is 3.32. The van der Waals surface area contributed by atoms with E-state index in [4.69, 9.17) is 4.74 Å². The predicted molar refractivity (Wildman–Crippen MR) is 118 cm³/mol. The molecule has 1 fully saturated rings. The number of halogens is 3. The van der Waals surface area contributed by atoms with E-state index in [1.54, 1.807) is 6.07 Å².